The summed E-state index contributed by atoms with van der Waals surface area (Å²) >= 11 is 0. The Hall–Kier alpha value is -1.67. The summed E-state index contributed by atoms with van der Waals surface area (Å²) in [5.74, 6) is 0.471. The van der Waals surface area contributed by atoms with Crippen LogP contribution in [-0.2, 0) is 4.74 Å². The van der Waals surface area contributed by atoms with Crippen molar-refractivity contribution in [3.63, 3.8) is 0 Å². The van der Waals surface area contributed by atoms with Gasteiger partial charge in [-0.1, -0.05) is 24.8 Å². The monoisotopic (exact) mass is 225 g/mol. The summed E-state index contributed by atoms with van der Waals surface area (Å²) in [6, 6.07) is 10.5. The van der Waals surface area contributed by atoms with Crippen LogP contribution in [-0.4, -0.2) is 18.2 Å². The van der Waals surface area contributed by atoms with Crippen molar-refractivity contribution in [1.29, 1.82) is 0 Å². The van der Waals surface area contributed by atoms with Gasteiger partial charge in [0.05, 0.1) is 12.1 Å². The zero-order valence-electron chi connectivity index (χ0n) is 9.73. The molecule has 0 bridgehead atoms. The SMILES string of the molecule is C=Cc1ccc2nc([C@H]3CCOC3)ccc2c1. The third-order valence-electron chi connectivity index (χ3n) is 3.32. The Morgan fingerprint density at radius 3 is 3.00 bits per heavy atom. The summed E-state index contributed by atoms with van der Waals surface area (Å²) < 4.78 is 5.41. The minimum absolute atomic E-state index is 0.471. The fourth-order valence-corrected chi connectivity index (χ4v) is 2.28. The van der Waals surface area contributed by atoms with Crippen molar-refractivity contribution < 1.29 is 4.74 Å². The zero-order chi connectivity index (χ0) is 11.7. The molecule has 0 unspecified atom stereocenters. The van der Waals surface area contributed by atoms with Gasteiger partial charge in [-0.2, -0.15) is 0 Å². The van der Waals surface area contributed by atoms with Crippen LogP contribution >= 0.6 is 0 Å². The highest BCUT2D eigenvalue weighted by molar-refractivity contribution is 5.81. The smallest absolute Gasteiger partial charge is 0.0705 e. The quantitative estimate of drug-likeness (QED) is 0.781. The van der Waals surface area contributed by atoms with Crippen LogP contribution < -0.4 is 0 Å². The van der Waals surface area contributed by atoms with Gasteiger partial charge in [0.1, 0.15) is 0 Å². The highest BCUT2D eigenvalue weighted by atomic mass is 16.5. The molecule has 1 saturated heterocycles. The van der Waals surface area contributed by atoms with Crippen LogP contribution in [0.3, 0.4) is 0 Å². The number of fused-ring (bicyclic) bond motifs is 1. The van der Waals surface area contributed by atoms with Gasteiger partial charge in [0.15, 0.2) is 0 Å². The van der Waals surface area contributed by atoms with E-state index in [1.165, 1.54) is 5.39 Å². The topological polar surface area (TPSA) is 22.1 Å². The second-order valence-corrected chi connectivity index (χ2v) is 4.45. The summed E-state index contributed by atoms with van der Waals surface area (Å²) in [6.07, 6.45) is 2.95. The molecular formula is C15H15NO. The first kappa shape index (κ1) is 10.5. The van der Waals surface area contributed by atoms with Crippen LogP contribution in [0.1, 0.15) is 23.6 Å². The Balaban J connectivity index is 2.03. The molecule has 1 fully saturated rings. The van der Waals surface area contributed by atoms with Gasteiger partial charge in [0.25, 0.3) is 0 Å². The maximum atomic E-state index is 5.41. The molecule has 1 aromatic carbocycles. The summed E-state index contributed by atoms with van der Waals surface area (Å²) in [6.45, 7) is 5.45. The predicted molar refractivity (Wildman–Crippen MR) is 70.0 cm³/mol. The summed E-state index contributed by atoms with van der Waals surface area (Å²) in [5, 5.41) is 1.17. The van der Waals surface area contributed by atoms with Crippen molar-refractivity contribution in [3.05, 3.63) is 48.2 Å². The van der Waals surface area contributed by atoms with E-state index in [1.54, 1.807) is 0 Å². The predicted octanol–water partition coefficient (Wildman–Crippen LogP) is 3.38. The molecule has 17 heavy (non-hydrogen) atoms. The molecule has 0 spiro atoms. The lowest BCUT2D eigenvalue weighted by Gasteiger charge is -2.08. The summed E-state index contributed by atoms with van der Waals surface area (Å²) in [7, 11) is 0. The van der Waals surface area contributed by atoms with Crippen LogP contribution in [0, 0.1) is 0 Å². The lowest BCUT2D eigenvalue weighted by Crippen LogP contribution is -2.00. The second-order valence-electron chi connectivity index (χ2n) is 4.45. The van der Waals surface area contributed by atoms with E-state index in [4.69, 9.17) is 9.72 Å². The van der Waals surface area contributed by atoms with Crippen molar-refractivity contribution in [3.8, 4) is 0 Å². The number of hydrogen-bond donors (Lipinski definition) is 0. The number of aromatic nitrogens is 1. The lowest BCUT2D eigenvalue weighted by molar-refractivity contribution is 0.193. The molecule has 0 N–H and O–H groups in total. The van der Waals surface area contributed by atoms with E-state index in [0.29, 0.717) is 5.92 Å². The maximum Gasteiger partial charge on any atom is 0.0705 e. The molecule has 2 heteroatoms. The number of ether oxygens (including phenoxy) is 1. The van der Waals surface area contributed by atoms with Gasteiger partial charge < -0.3 is 4.74 Å². The molecule has 1 aliphatic heterocycles. The van der Waals surface area contributed by atoms with Gasteiger partial charge in [0.2, 0.25) is 0 Å². The number of nitrogens with zero attached hydrogens (tertiary/aromatic N) is 1. The van der Waals surface area contributed by atoms with Crippen LogP contribution in [0.15, 0.2) is 36.9 Å². The van der Waals surface area contributed by atoms with Gasteiger partial charge in [0, 0.05) is 23.6 Å². The Morgan fingerprint density at radius 2 is 2.24 bits per heavy atom. The van der Waals surface area contributed by atoms with Gasteiger partial charge in [-0.25, -0.2) is 0 Å². The third-order valence-corrected chi connectivity index (χ3v) is 3.32. The first-order valence-corrected chi connectivity index (χ1v) is 5.98. The van der Waals surface area contributed by atoms with E-state index >= 15 is 0 Å². The molecule has 2 aromatic rings. The van der Waals surface area contributed by atoms with Gasteiger partial charge >= 0.3 is 0 Å². The van der Waals surface area contributed by atoms with Crippen LogP contribution in [0.4, 0.5) is 0 Å². The summed E-state index contributed by atoms with van der Waals surface area (Å²) in [5.41, 5.74) is 3.35. The van der Waals surface area contributed by atoms with E-state index in [-0.39, 0.29) is 0 Å². The Bertz CT molecular complexity index is 556. The average Bonchev–Trinajstić information content (AvgIpc) is 2.91. The average molecular weight is 225 g/mol. The molecule has 2 nitrogen and oxygen atoms in total. The molecule has 0 radical (unpaired) electrons. The zero-order valence-corrected chi connectivity index (χ0v) is 9.73. The van der Waals surface area contributed by atoms with Gasteiger partial charge in [-0.3, -0.25) is 4.98 Å². The fourth-order valence-electron chi connectivity index (χ4n) is 2.28. The molecule has 0 aliphatic carbocycles. The van der Waals surface area contributed by atoms with Crippen LogP contribution in [0.5, 0.6) is 0 Å². The largest absolute Gasteiger partial charge is 0.381 e. The van der Waals surface area contributed by atoms with E-state index in [9.17, 15) is 0 Å². The van der Waals surface area contributed by atoms with Gasteiger partial charge in [-0.15, -0.1) is 0 Å². The molecule has 2 heterocycles. The molecule has 0 amide bonds. The van der Waals surface area contributed by atoms with E-state index in [0.717, 1.165) is 36.4 Å². The standard InChI is InChI=1S/C15H15NO/c1-2-11-3-5-14-12(9-11)4-6-15(16-14)13-7-8-17-10-13/h2-6,9,13H,1,7-8,10H2/t13-/m0/s1. The van der Waals surface area contributed by atoms with Crippen molar-refractivity contribution >= 4 is 17.0 Å². The first-order valence-electron chi connectivity index (χ1n) is 5.98. The minimum atomic E-state index is 0.471. The van der Waals surface area contributed by atoms with Crippen molar-refractivity contribution in [1.82, 2.24) is 4.98 Å². The normalized spacial score (nSPS) is 19.6. The first-order chi connectivity index (χ1) is 8.36. The molecule has 1 atom stereocenters. The number of benzene rings is 1. The maximum absolute atomic E-state index is 5.41. The van der Waals surface area contributed by atoms with Gasteiger partial charge in [-0.05, 0) is 30.2 Å². The van der Waals surface area contributed by atoms with E-state index in [2.05, 4.69) is 36.9 Å². The van der Waals surface area contributed by atoms with Crippen molar-refractivity contribution in [2.24, 2.45) is 0 Å². The molecule has 86 valence electrons. The Kier molecular flexibility index (Phi) is 2.65. The Morgan fingerprint density at radius 1 is 1.29 bits per heavy atom. The number of pyridine rings is 1. The molecule has 1 aliphatic rings. The van der Waals surface area contributed by atoms with E-state index < -0.39 is 0 Å². The number of hydrogen-bond acceptors (Lipinski definition) is 2. The van der Waals surface area contributed by atoms with Crippen molar-refractivity contribution in [2.45, 2.75) is 12.3 Å². The summed E-state index contributed by atoms with van der Waals surface area (Å²) in [4.78, 5) is 4.72. The van der Waals surface area contributed by atoms with Crippen LogP contribution in [0.2, 0.25) is 0 Å². The fraction of sp³-hybridized carbons (Fsp3) is 0.267. The van der Waals surface area contributed by atoms with Crippen LogP contribution in [0.25, 0.3) is 17.0 Å². The van der Waals surface area contributed by atoms with E-state index in [1.807, 2.05) is 6.08 Å². The third kappa shape index (κ3) is 1.96. The lowest BCUT2D eigenvalue weighted by atomic mass is 10.0. The number of rotatable bonds is 2. The second kappa shape index (κ2) is 4.30. The van der Waals surface area contributed by atoms with Crippen molar-refractivity contribution in [2.75, 3.05) is 13.2 Å². The highest BCUT2D eigenvalue weighted by Gasteiger charge is 2.18. The Labute approximate surface area is 101 Å². The molecule has 0 saturated carbocycles. The minimum Gasteiger partial charge on any atom is -0.381 e. The molecule has 1 aromatic heterocycles. The molecule has 3 rings (SSSR count). The highest BCUT2D eigenvalue weighted by Crippen LogP contribution is 2.25. The molecular weight excluding hydrogens is 210 g/mol.